The lowest BCUT2D eigenvalue weighted by Gasteiger charge is -2.07. The molecule has 0 aliphatic carbocycles. The highest BCUT2D eigenvalue weighted by Crippen LogP contribution is 2.28. The monoisotopic (exact) mass is 333 g/mol. The van der Waals surface area contributed by atoms with Gasteiger partial charge in [-0.25, -0.2) is 9.97 Å². The maximum Gasteiger partial charge on any atom is 0.245 e. The molecule has 0 atom stereocenters. The number of aromatic nitrogens is 4. The number of halogens is 1. The number of ether oxygens (including phenoxy) is 1. The Morgan fingerprint density at radius 1 is 1.25 bits per heavy atom. The van der Waals surface area contributed by atoms with Gasteiger partial charge in [-0.2, -0.15) is 4.98 Å². The molecule has 0 fully saturated rings. The van der Waals surface area contributed by atoms with Gasteiger partial charge in [-0.1, -0.05) is 15.9 Å². The van der Waals surface area contributed by atoms with E-state index in [4.69, 9.17) is 10.5 Å². The SMILES string of the molecule is COc1ncnc2c1nc(N)n2-c1cc(C)cc(Br)c1. The molecule has 0 unspecified atom stereocenters. The molecule has 102 valence electrons. The van der Waals surface area contributed by atoms with Crippen molar-refractivity contribution in [2.45, 2.75) is 6.92 Å². The zero-order valence-corrected chi connectivity index (χ0v) is 12.5. The molecule has 0 bridgehead atoms. The number of methoxy groups -OCH3 is 1. The van der Waals surface area contributed by atoms with Gasteiger partial charge >= 0.3 is 0 Å². The highest BCUT2D eigenvalue weighted by molar-refractivity contribution is 9.10. The first-order valence-corrected chi connectivity index (χ1v) is 6.70. The van der Waals surface area contributed by atoms with Gasteiger partial charge in [0.15, 0.2) is 11.2 Å². The molecule has 1 aromatic carbocycles. The van der Waals surface area contributed by atoms with Gasteiger partial charge in [0.05, 0.1) is 12.8 Å². The molecule has 0 amide bonds. The van der Waals surface area contributed by atoms with Crippen LogP contribution < -0.4 is 10.5 Å². The molecule has 6 nitrogen and oxygen atoms in total. The summed E-state index contributed by atoms with van der Waals surface area (Å²) in [6.07, 6.45) is 1.43. The van der Waals surface area contributed by atoms with E-state index in [1.807, 2.05) is 25.1 Å². The standard InChI is InChI=1S/C13H12BrN5O/c1-7-3-8(14)5-9(4-7)19-11-10(18-13(19)15)12(20-2)17-6-16-11/h3-6H,1-2H3,(H2,15,18). The van der Waals surface area contributed by atoms with Gasteiger partial charge in [0, 0.05) is 4.47 Å². The van der Waals surface area contributed by atoms with Gasteiger partial charge in [0.1, 0.15) is 6.33 Å². The second-order valence-electron chi connectivity index (χ2n) is 4.35. The van der Waals surface area contributed by atoms with Gasteiger partial charge in [0.2, 0.25) is 11.8 Å². The Kier molecular flexibility index (Phi) is 3.06. The van der Waals surface area contributed by atoms with Crippen LogP contribution in [0.2, 0.25) is 0 Å². The van der Waals surface area contributed by atoms with Crippen molar-refractivity contribution in [3.05, 3.63) is 34.6 Å². The Hall–Kier alpha value is -2.15. The lowest BCUT2D eigenvalue weighted by Crippen LogP contribution is -2.02. The molecule has 2 aromatic heterocycles. The average molecular weight is 334 g/mol. The lowest BCUT2D eigenvalue weighted by atomic mass is 10.2. The maximum absolute atomic E-state index is 6.02. The Labute approximate surface area is 123 Å². The molecule has 0 saturated heterocycles. The van der Waals surface area contributed by atoms with E-state index < -0.39 is 0 Å². The summed E-state index contributed by atoms with van der Waals surface area (Å²) in [4.78, 5) is 12.6. The van der Waals surface area contributed by atoms with E-state index in [2.05, 4.69) is 30.9 Å². The smallest absolute Gasteiger partial charge is 0.245 e. The molecular weight excluding hydrogens is 322 g/mol. The first-order chi connectivity index (χ1) is 9.60. The Morgan fingerprint density at radius 2 is 2.05 bits per heavy atom. The normalized spacial score (nSPS) is 10.9. The highest BCUT2D eigenvalue weighted by atomic mass is 79.9. The average Bonchev–Trinajstić information content (AvgIpc) is 2.73. The minimum Gasteiger partial charge on any atom is -0.479 e. The predicted molar refractivity (Wildman–Crippen MR) is 80.1 cm³/mol. The van der Waals surface area contributed by atoms with Crippen LogP contribution in [0.25, 0.3) is 16.9 Å². The van der Waals surface area contributed by atoms with E-state index >= 15 is 0 Å². The fraction of sp³-hybridized carbons (Fsp3) is 0.154. The van der Waals surface area contributed by atoms with Crippen LogP contribution in [0.5, 0.6) is 5.88 Å². The van der Waals surface area contributed by atoms with Crippen LogP contribution in [0.15, 0.2) is 29.0 Å². The predicted octanol–water partition coefficient (Wildman–Crippen LogP) is 2.48. The number of nitrogens with two attached hydrogens (primary N) is 1. The third kappa shape index (κ3) is 2.00. The summed E-state index contributed by atoms with van der Waals surface area (Å²) in [6.45, 7) is 2.01. The van der Waals surface area contributed by atoms with E-state index in [1.165, 1.54) is 6.33 Å². The quantitative estimate of drug-likeness (QED) is 0.779. The summed E-state index contributed by atoms with van der Waals surface area (Å²) in [5.74, 6) is 0.753. The molecule has 0 radical (unpaired) electrons. The first-order valence-electron chi connectivity index (χ1n) is 5.90. The maximum atomic E-state index is 6.02. The topological polar surface area (TPSA) is 78.8 Å². The molecule has 0 aliphatic heterocycles. The van der Waals surface area contributed by atoms with E-state index in [-0.39, 0.29) is 0 Å². The van der Waals surface area contributed by atoms with Gasteiger partial charge in [-0.05, 0) is 30.7 Å². The molecule has 3 aromatic rings. The summed E-state index contributed by atoms with van der Waals surface area (Å²) in [5.41, 5.74) is 9.18. The van der Waals surface area contributed by atoms with E-state index in [1.54, 1.807) is 11.7 Å². The Morgan fingerprint density at radius 3 is 2.75 bits per heavy atom. The molecule has 0 saturated carbocycles. The largest absolute Gasteiger partial charge is 0.479 e. The van der Waals surface area contributed by atoms with E-state index in [0.29, 0.717) is 23.0 Å². The number of nitrogens with zero attached hydrogens (tertiary/aromatic N) is 4. The molecule has 2 N–H and O–H groups in total. The third-order valence-electron chi connectivity index (χ3n) is 2.92. The van der Waals surface area contributed by atoms with Crippen molar-refractivity contribution in [1.82, 2.24) is 19.5 Å². The van der Waals surface area contributed by atoms with Crippen LogP contribution in [0.1, 0.15) is 5.56 Å². The second-order valence-corrected chi connectivity index (χ2v) is 5.26. The minimum atomic E-state index is 0.344. The number of hydrogen-bond acceptors (Lipinski definition) is 5. The number of nitrogen functional groups attached to an aromatic ring is 1. The van der Waals surface area contributed by atoms with Crippen molar-refractivity contribution in [2.75, 3.05) is 12.8 Å². The minimum absolute atomic E-state index is 0.344. The van der Waals surface area contributed by atoms with Crippen molar-refractivity contribution in [3.63, 3.8) is 0 Å². The van der Waals surface area contributed by atoms with Crippen LogP contribution in [-0.2, 0) is 0 Å². The third-order valence-corrected chi connectivity index (χ3v) is 3.37. The molecule has 2 heterocycles. The Bertz CT molecular complexity index is 779. The molecule has 20 heavy (non-hydrogen) atoms. The fourth-order valence-corrected chi connectivity index (χ4v) is 2.73. The number of anilines is 1. The summed E-state index contributed by atoms with van der Waals surface area (Å²) in [5, 5.41) is 0. The van der Waals surface area contributed by atoms with Crippen LogP contribution in [0, 0.1) is 6.92 Å². The van der Waals surface area contributed by atoms with Crippen LogP contribution >= 0.6 is 15.9 Å². The van der Waals surface area contributed by atoms with Gasteiger partial charge in [-0.15, -0.1) is 0 Å². The summed E-state index contributed by atoms with van der Waals surface area (Å²) in [7, 11) is 1.54. The van der Waals surface area contributed by atoms with Gasteiger partial charge < -0.3 is 10.5 Å². The van der Waals surface area contributed by atoms with Crippen molar-refractivity contribution < 1.29 is 4.74 Å². The van der Waals surface area contributed by atoms with Crippen LogP contribution in [-0.4, -0.2) is 26.6 Å². The van der Waals surface area contributed by atoms with Crippen LogP contribution in [0.4, 0.5) is 5.95 Å². The number of imidazole rings is 1. The van der Waals surface area contributed by atoms with E-state index in [9.17, 15) is 0 Å². The fourth-order valence-electron chi connectivity index (χ4n) is 2.14. The molecule has 7 heteroatoms. The number of hydrogen-bond donors (Lipinski definition) is 1. The molecule has 0 spiro atoms. The van der Waals surface area contributed by atoms with Crippen molar-refractivity contribution >= 4 is 33.0 Å². The van der Waals surface area contributed by atoms with Gasteiger partial charge in [0.25, 0.3) is 0 Å². The molecule has 3 rings (SSSR count). The highest BCUT2D eigenvalue weighted by Gasteiger charge is 2.16. The second kappa shape index (κ2) is 4.75. The van der Waals surface area contributed by atoms with Gasteiger partial charge in [-0.3, -0.25) is 4.57 Å². The number of benzene rings is 1. The van der Waals surface area contributed by atoms with Crippen molar-refractivity contribution in [3.8, 4) is 11.6 Å². The number of aryl methyl sites for hydroxylation is 1. The van der Waals surface area contributed by atoms with Crippen LogP contribution in [0.3, 0.4) is 0 Å². The zero-order chi connectivity index (χ0) is 14.3. The lowest BCUT2D eigenvalue weighted by molar-refractivity contribution is 0.401. The van der Waals surface area contributed by atoms with Crippen molar-refractivity contribution in [1.29, 1.82) is 0 Å². The zero-order valence-electron chi connectivity index (χ0n) is 11.0. The van der Waals surface area contributed by atoms with E-state index in [0.717, 1.165) is 15.7 Å². The first kappa shape index (κ1) is 12.9. The summed E-state index contributed by atoms with van der Waals surface area (Å²) >= 11 is 3.48. The van der Waals surface area contributed by atoms with Crippen molar-refractivity contribution in [2.24, 2.45) is 0 Å². The molecule has 0 aliphatic rings. The summed E-state index contributed by atoms with van der Waals surface area (Å²) < 4.78 is 7.93. The molecular formula is C13H12BrN5O. The number of rotatable bonds is 2. The summed E-state index contributed by atoms with van der Waals surface area (Å²) in [6, 6.07) is 5.99. The Balaban J connectivity index is 2.33. The number of fused-ring (bicyclic) bond motifs is 1.